The third-order valence-electron chi connectivity index (χ3n) is 5.16. The van der Waals surface area contributed by atoms with E-state index in [4.69, 9.17) is 4.42 Å². The van der Waals surface area contributed by atoms with Crippen molar-refractivity contribution < 1.29 is 4.42 Å². The van der Waals surface area contributed by atoms with Crippen LogP contribution >= 0.6 is 11.3 Å². The van der Waals surface area contributed by atoms with Gasteiger partial charge < -0.3 is 15.1 Å². The highest BCUT2D eigenvalue weighted by atomic mass is 32.1. The first-order chi connectivity index (χ1) is 13.1. The predicted molar refractivity (Wildman–Crippen MR) is 111 cm³/mol. The maximum absolute atomic E-state index is 5.71. The van der Waals surface area contributed by atoms with E-state index in [9.17, 15) is 0 Å². The molecule has 2 N–H and O–H groups in total. The van der Waals surface area contributed by atoms with Crippen molar-refractivity contribution in [2.75, 3.05) is 33.2 Å². The Bertz CT molecular complexity index is 697. The quantitative estimate of drug-likeness (QED) is 0.563. The van der Waals surface area contributed by atoms with Gasteiger partial charge in [-0.3, -0.25) is 9.89 Å². The summed E-state index contributed by atoms with van der Waals surface area (Å²) in [5, 5.41) is 9.02. The number of oxazole rings is 1. The van der Waals surface area contributed by atoms with E-state index in [-0.39, 0.29) is 0 Å². The van der Waals surface area contributed by atoms with E-state index in [0.29, 0.717) is 5.92 Å². The summed E-state index contributed by atoms with van der Waals surface area (Å²) in [5.41, 5.74) is 1.00. The van der Waals surface area contributed by atoms with Crippen LogP contribution < -0.4 is 10.6 Å². The molecule has 0 saturated carbocycles. The number of aromatic nitrogens is 1. The van der Waals surface area contributed by atoms with Gasteiger partial charge in [0.25, 0.3) is 0 Å². The smallest absolute Gasteiger partial charge is 0.208 e. The van der Waals surface area contributed by atoms with E-state index >= 15 is 0 Å². The summed E-state index contributed by atoms with van der Waals surface area (Å²) >= 11 is 1.80. The largest absolute Gasteiger partial charge is 0.444 e. The second-order valence-electron chi connectivity index (χ2n) is 7.18. The topological polar surface area (TPSA) is 65.7 Å². The summed E-state index contributed by atoms with van der Waals surface area (Å²) in [6.07, 6.45) is 3.42. The molecule has 148 valence electrons. The van der Waals surface area contributed by atoms with Crippen molar-refractivity contribution >= 4 is 17.3 Å². The molecule has 1 aliphatic heterocycles. The average molecular weight is 390 g/mol. The Morgan fingerprint density at radius 2 is 2.15 bits per heavy atom. The fraction of sp³-hybridized carbons (Fsp3) is 0.600. The van der Waals surface area contributed by atoms with Gasteiger partial charge in [-0.2, -0.15) is 0 Å². The number of nitrogens with one attached hydrogen (secondary N) is 2. The number of aryl methyl sites for hydroxylation is 2. The minimum absolute atomic E-state index is 0.685. The van der Waals surface area contributed by atoms with Gasteiger partial charge in [0.05, 0.1) is 12.2 Å². The zero-order valence-corrected chi connectivity index (χ0v) is 17.4. The molecule has 6 nitrogen and oxygen atoms in total. The lowest BCUT2D eigenvalue weighted by molar-refractivity contribution is 0.164. The molecule has 0 radical (unpaired) electrons. The molecule has 2 aromatic heterocycles. The van der Waals surface area contributed by atoms with E-state index in [1.54, 1.807) is 11.3 Å². The number of piperidine rings is 1. The fourth-order valence-corrected chi connectivity index (χ4v) is 4.08. The Morgan fingerprint density at radius 3 is 2.78 bits per heavy atom. The molecule has 0 spiro atoms. The molecule has 0 amide bonds. The molecule has 0 aromatic carbocycles. The van der Waals surface area contributed by atoms with Gasteiger partial charge in [0.2, 0.25) is 5.89 Å². The minimum Gasteiger partial charge on any atom is -0.444 e. The predicted octanol–water partition coefficient (Wildman–Crippen LogP) is 2.97. The van der Waals surface area contributed by atoms with Gasteiger partial charge >= 0.3 is 0 Å². The molecule has 0 bridgehead atoms. The molecule has 0 unspecified atom stereocenters. The summed E-state index contributed by atoms with van der Waals surface area (Å²) in [5.74, 6) is 3.36. The maximum Gasteiger partial charge on any atom is 0.208 e. The second kappa shape index (κ2) is 9.90. The average Bonchev–Trinajstić information content (AvgIpc) is 3.29. The Balaban J connectivity index is 1.33. The van der Waals surface area contributed by atoms with Crippen LogP contribution in [-0.4, -0.2) is 49.1 Å². The summed E-state index contributed by atoms with van der Waals surface area (Å²) in [6.45, 7) is 8.87. The number of rotatable bonds is 7. The monoisotopic (exact) mass is 389 g/mol. The van der Waals surface area contributed by atoms with Gasteiger partial charge in [-0.15, -0.1) is 11.3 Å². The van der Waals surface area contributed by atoms with E-state index < -0.39 is 0 Å². The van der Waals surface area contributed by atoms with Gasteiger partial charge in [0, 0.05) is 25.0 Å². The molecular weight excluding hydrogens is 358 g/mol. The highest BCUT2D eigenvalue weighted by Gasteiger charge is 2.21. The van der Waals surface area contributed by atoms with E-state index in [1.165, 1.54) is 17.7 Å². The van der Waals surface area contributed by atoms with Crippen molar-refractivity contribution in [2.45, 2.75) is 39.7 Å². The number of aliphatic imine (C=N–C) groups is 1. The van der Waals surface area contributed by atoms with Gasteiger partial charge in [-0.1, -0.05) is 6.07 Å². The van der Waals surface area contributed by atoms with Crippen molar-refractivity contribution in [1.82, 2.24) is 20.5 Å². The fourth-order valence-electron chi connectivity index (χ4n) is 3.37. The molecular formula is C20H31N5OS. The van der Waals surface area contributed by atoms with Gasteiger partial charge in [-0.05, 0) is 63.6 Å². The lowest BCUT2D eigenvalue weighted by Crippen LogP contribution is -2.43. The zero-order valence-electron chi connectivity index (χ0n) is 16.6. The first kappa shape index (κ1) is 19.9. The Kier molecular flexibility index (Phi) is 7.29. The number of thiophene rings is 1. The van der Waals surface area contributed by atoms with Crippen LogP contribution in [0.1, 0.15) is 35.1 Å². The van der Waals surface area contributed by atoms with Crippen molar-refractivity contribution in [3.05, 3.63) is 39.7 Å². The van der Waals surface area contributed by atoms with E-state index in [2.05, 4.69) is 43.0 Å². The lowest BCUT2D eigenvalue weighted by atomic mass is 9.97. The number of hydrogen-bond acceptors (Lipinski definition) is 5. The maximum atomic E-state index is 5.71. The van der Waals surface area contributed by atoms with Crippen molar-refractivity contribution in [3.63, 3.8) is 0 Å². The Hall–Kier alpha value is -1.86. The summed E-state index contributed by atoms with van der Waals surface area (Å²) in [4.78, 5) is 12.7. The van der Waals surface area contributed by atoms with Gasteiger partial charge in [0.1, 0.15) is 5.76 Å². The second-order valence-corrected chi connectivity index (χ2v) is 8.21. The first-order valence-corrected chi connectivity index (χ1v) is 10.6. The highest BCUT2D eigenvalue weighted by Crippen LogP contribution is 2.19. The number of nitrogens with zero attached hydrogens (tertiary/aromatic N) is 3. The highest BCUT2D eigenvalue weighted by molar-refractivity contribution is 7.09. The summed E-state index contributed by atoms with van der Waals surface area (Å²) < 4.78 is 5.71. The number of likely N-dealkylation sites (tertiary alicyclic amines) is 1. The van der Waals surface area contributed by atoms with Gasteiger partial charge in [-0.25, -0.2) is 4.98 Å². The molecule has 3 rings (SSSR count). The van der Waals surface area contributed by atoms with Gasteiger partial charge in [0.15, 0.2) is 5.96 Å². The van der Waals surface area contributed by atoms with E-state index in [1.807, 2.05) is 20.9 Å². The van der Waals surface area contributed by atoms with E-state index in [0.717, 1.165) is 62.4 Å². The molecule has 1 saturated heterocycles. The molecule has 27 heavy (non-hydrogen) atoms. The first-order valence-electron chi connectivity index (χ1n) is 9.76. The van der Waals surface area contributed by atoms with Crippen molar-refractivity contribution in [3.8, 4) is 0 Å². The third kappa shape index (κ3) is 6.07. The minimum atomic E-state index is 0.685. The van der Waals surface area contributed by atoms with Crippen LogP contribution in [-0.2, 0) is 13.0 Å². The van der Waals surface area contributed by atoms with Crippen molar-refractivity contribution in [2.24, 2.45) is 10.9 Å². The molecule has 3 heterocycles. The van der Waals surface area contributed by atoms with Crippen LogP contribution in [0.2, 0.25) is 0 Å². The Labute approximate surface area is 166 Å². The SMILES string of the molecule is CN=C(NCCc1cccs1)NCC1CCN(Cc2nc(C)c(C)o2)CC1. The van der Waals surface area contributed by atoms with Crippen LogP contribution in [0, 0.1) is 19.8 Å². The van der Waals surface area contributed by atoms with Crippen molar-refractivity contribution in [1.29, 1.82) is 0 Å². The summed E-state index contributed by atoms with van der Waals surface area (Å²) in [7, 11) is 1.84. The molecule has 1 aliphatic rings. The zero-order chi connectivity index (χ0) is 19.1. The lowest BCUT2D eigenvalue weighted by Gasteiger charge is -2.31. The molecule has 1 fully saturated rings. The van der Waals surface area contributed by atoms with Crippen LogP contribution in [0.25, 0.3) is 0 Å². The summed E-state index contributed by atoms with van der Waals surface area (Å²) in [6, 6.07) is 4.28. The van der Waals surface area contributed by atoms with Crippen LogP contribution in [0.4, 0.5) is 0 Å². The standard InChI is InChI=1S/C20H31N5OS/c1-15-16(2)26-19(24-15)14-25-10-7-17(8-11-25)13-23-20(21-3)22-9-6-18-5-4-12-27-18/h4-5,12,17H,6-11,13-14H2,1-3H3,(H2,21,22,23). The normalized spacial score (nSPS) is 16.6. The third-order valence-corrected chi connectivity index (χ3v) is 6.10. The van der Waals surface area contributed by atoms with Crippen LogP contribution in [0.5, 0.6) is 0 Å². The molecule has 2 aromatic rings. The van der Waals surface area contributed by atoms with Crippen LogP contribution in [0.15, 0.2) is 26.9 Å². The molecule has 7 heteroatoms. The molecule has 0 aliphatic carbocycles. The number of hydrogen-bond donors (Lipinski definition) is 2. The van der Waals surface area contributed by atoms with Crippen LogP contribution in [0.3, 0.4) is 0 Å². The number of guanidine groups is 1. The molecule has 0 atom stereocenters. The Morgan fingerprint density at radius 1 is 1.33 bits per heavy atom.